The van der Waals surface area contributed by atoms with Crippen molar-refractivity contribution in [2.75, 3.05) is 5.32 Å². The summed E-state index contributed by atoms with van der Waals surface area (Å²) in [4.78, 5) is 22.9. The van der Waals surface area contributed by atoms with Crippen LogP contribution >= 0.6 is 11.8 Å². The normalized spacial score (nSPS) is 12.1. The van der Waals surface area contributed by atoms with E-state index in [0.29, 0.717) is 11.8 Å². The number of carboxylic acid groups (broad SMARTS) is 1. The van der Waals surface area contributed by atoms with Gasteiger partial charge in [0.1, 0.15) is 0 Å². The lowest BCUT2D eigenvalue weighted by atomic mass is 10.1. The van der Waals surface area contributed by atoms with Crippen LogP contribution < -0.4 is 5.32 Å². The zero-order valence-corrected chi connectivity index (χ0v) is 11.6. The van der Waals surface area contributed by atoms with Crippen LogP contribution in [0.4, 0.5) is 14.5 Å². The molecule has 1 aromatic carbocycles. The van der Waals surface area contributed by atoms with Crippen LogP contribution in [0.15, 0.2) is 40.3 Å². The number of thioether (sulfide) groups is 1. The van der Waals surface area contributed by atoms with Crippen LogP contribution in [0.25, 0.3) is 0 Å². The third-order valence-corrected chi connectivity index (χ3v) is 3.36. The Bertz CT molecular complexity index is 558. The molecule has 4 nitrogen and oxygen atoms in total. The molecule has 0 fully saturated rings. The average Bonchev–Trinajstić information content (AvgIpc) is 2.38. The summed E-state index contributed by atoms with van der Waals surface area (Å²) < 4.78 is 24.8. The summed E-state index contributed by atoms with van der Waals surface area (Å²) in [6.45, 7) is 2.67. The number of carbonyl (C=O) groups is 2. The number of carboxylic acids is 1. The fourth-order valence-corrected chi connectivity index (χ4v) is 1.91. The summed E-state index contributed by atoms with van der Waals surface area (Å²) in [5.74, 6) is -4.44. The van der Waals surface area contributed by atoms with Gasteiger partial charge in [-0.05, 0) is 26.0 Å². The molecule has 1 amide bonds. The average molecular weight is 301 g/mol. The Morgan fingerprint density at radius 2 is 1.80 bits per heavy atom. The van der Waals surface area contributed by atoms with Gasteiger partial charge in [0.25, 0.3) is 11.7 Å². The molecule has 0 saturated heterocycles. The van der Waals surface area contributed by atoms with Crippen LogP contribution in [0.2, 0.25) is 0 Å². The number of nitrogens with one attached hydrogen (secondary N) is 1. The number of halogens is 2. The zero-order chi connectivity index (χ0) is 15.3. The highest BCUT2D eigenvalue weighted by molar-refractivity contribution is 7.99. The first kappa shape index (κ1) is 16.2. The maximum absolute atomic E-state index is 12.4. The van der Waals surface area contributed by atoms with E-state index in [2.05, 4.69) is 5.32 Å². The maximum atomic E-state index is 12.4. The molecule has 0 aromatic heterocycles. The minimum Gasteiger partial charge on any atom is -0.478 e. The van der Waals surface area contributed by atoms with Crippen molar-refractivity contribution in [1.29, 1.82) is 0 Å². The topological polar surface area (TPSA) is 66.4 Å². The third-order valence-electron chi connectivity index (χ3n) is 2.58. The van der Waals surface area contributed by atoms with E-state index < -0.39 is 17.6 Å². The second kappa shape index (κ2) is 7.04. The molecule has 0 bridgehead atoms. The van der Waals surface area contributed by atoms with Crippen LogP contribution in [0.5, 0.6) is 0 Å². The molecule has 0 aliphatic heterocycles. The highest BCUT2D eigenvalue weighted by Gasteiger charge is 2.15. The second-order valence-electron chi connectivity index (χ2n) is 3.88. The Hall–Kier alpha value is -1.89. The largest absolute Gasteiger partial charge is 0.478 e. The third kappa shape index (κ3) is 4.34. The van der Waals surface area contributed by atoms with Gasteiger partial charge >= 0.3 is 5.97 Å². The number of benzene rings is 1. The molecule has 0 atom stereocenters. The quantitative estimate of drug-likeness (QED) is 0.646. The fraction of sp³-hybridized carbons (Fsp3) is 0.231. The van der Waals surface area contributed by atoms with Crippen LogP contribution in [0, 0.1) is 0 Å². The molecular weight excluding hydrogens is 288 g/mol. The Kier molecular flexibility index (Phi) is 5.69. The molecule has 1 rings (SSSR count). The summed E-state index contributed by atoms with van der Waals surface area (Å²) in [6, 6.07) is 6.10. The first-order valence-electron chi connectivity index (χ1n) is 5.59. The number of hydrogen-bond acceptors (Lipinski definition) is 3. The summed E-state index contributed by atoms with van der Waals surface area (Å²) >= 11 is 0.313. The number of hydrogen-bond donors (Lipinski definition) is 2. The zero-order valence-electron chi connectivity index (χ0n) is 10.8. The second-order valence-corrected chi connectivity index (χ2v) is 4.92. The fourth-order valence-electron chi connectivity index (χ4n) is 1.32. The number of anilines is 1. The van der Waals surface area contributed by atoms with Gasteiger partial charge in [-0.1, -0.05) is 23.9 Å². The van der Waals surface area contributed by atoms with Crippen molar-refractivity contribution in [3.63, 3.8) is 0 Å². The molecule has 0 radical (unpaired) electrons. The van der Waals surface area contributed by atoms with E-state index in [-0.39, 0.29) is 21.7 Å². The number of aliphatic carboxylic acids is 1. The SMILES string of the molecule is CC(C(=O)O)=C(C)C(=O)Nc1ccccc1SC(F)F. The van der Waals surface area contributed by atoms with Gasteiger partial charge < -0.3 is 10.4 Å². The number of carbonyl (C=O) groups excluding carboxylic acids is 1. The molecule has 2 N–H and O–H groups in total. The van der Waals surface area contributed by atoms with Crippen molar-refractivity contribution in [2.45, 2.75) is 24.5 Å². The van der Waals surface area contributed by atoms with Crippen LogP contribution in [-0.4, -0.2) is 22.7 Å². The number of rotatable bonds is 5. The Morgan fingerprint density at radius 1 is 1.20 bits per heavy atom. The van der Waals surface area contributed by atoms with Gasteiger partial charge in [0, 0.05) is 16.0 Å². The number of alkyl halides is 2. The summed E-state index contributed by atoms with van der Waals surface area (Å²) in [6.07, 6.45) is 0. The lowest BCUT2D eigenvalue weighted by molar-refractivity contribution is -0.133. The van der Waals surface area contributed by atoms with Crippen molar-refractivity contribution in [3.05, 3.63) is 35.4 Å². The Labute approximate surface area is 118 Å². The van der Waals surface area contributed by atoms with Crippen molar-refractivity contribution < 1.29 is 23.5 Å². The first-order chi connectivity index (χ1) is 9.32. The molecule has 7 heteroatoms. The van der Waals surface area contributed by atoms with Gasteiger partial charge in [-0.2, -0.15) is 8.78 Å². The molecule has 1 aromatic rings. The van der Waals surface area contributed by atoms with Crippen molar-refractivity contribution in [1.82, 2.24) is 0 Å². The van der Waals surface area contributed by atoms with E-state index in [9.17, 15) is 18.4 Å². The van der Waals surface area contributed by atoms with Crippen molar-refractivity contribution >= 4 is 29.3 Å². The summed E-state index contributed by atoms with van der Waals surface area (Å²) in [5, 5.41) is 11.2. The van der Waals surface area contributed by atoms with Gasteiger partial charge in [0.15, 0.2) is 0 Å². The smallest absolute Gasteiger partial charge is 0.331 e. The van der Waals surface area contributed by atoms with Gasteiger partial charge in [0.05, 0.1) is 5.69 Å². The highest BCUT2D eigenvalue weighted by atomic mass is 32.2. The molecule has 0 aliphatic carbocycles. The molecule has 0 aliphatic rings. The van der Waals surface area contributed by atoms with Crippen LogP contribution in [-0.2, 0) is 9.59 Å². The number of amides is 1. The lowest BCUT2D eigenvalue weighted by Gasteiger charge is -2.11. The van der Waals surface area contributed by atoms with Crippen molar-refractivity contribution in [2.24, 2.45) is 0 Å². The summed E-state index contributed by atoms with van der Waals surface area (Å²) in [7, 11) is 0. The maximum Gasteiger partial charge on any atom is 0.331 e. The minimum atomic E-state index is -2.61. The lowest BCUT2D eigenvalue weighted by Crippen LogP contribution is -2.16. The molecule has 20 heavy (non-hydrogen) atoms. The highest BCUT2D eigenvalue weighted by Crippen LogP contribution is 2.31. The predicted molar refractivity (Wildman–Crippen MR) is 72.9 cm³/mol. The monoisotopic (exact) mass is 301 g/mol. The van der Waals surface area contributed by atoms with E-state index >= 15 is 0 Å². The molecule has 0 heterocycles. The number of para-hydroxylation sites is 1. The van der Waals surface area contributed by atoms with Gasteiger partial charge in [-0.25, -0.2) is 4.79 Å². The minimum absolute atomic E-state index is 0.0225. The van der Waals surface area contributed by atoms with Crippen LogP contribution in [0.1, 0.15) is 13.8 Å². The van der Waals surface area contributed by atoms with Gasteiger partial charge in [0.2, 0.25) is 0 Å². The standard InChI is InChI=1S/C13H13F2NO3S/c1-7(8(2)12(18)19)11(17)16-9-5-3-4-6-10(9)20-13(14)15/h3-6,13H,1-2H3,(H,16,17)(H,18,19). The van der Waals surface area contributed by atoms with E-state index in [4.69, 9.17) is 5.11 Å². The predicted octanol–water partition coefficient (Wildman–Crippen LogP) is 3.36. The van der Waals surface area contributed by atoms with Crippen LogP contribution in [0.3, 0.4) is 0 Å². The first-order valence-corrected chi connectivity index (χ1v) is 6.47. The molecule has 0 saturated carbocycles. The van der Waals surface area contributed by atoms with Gasteiger partial charge in [-0.3, -0.25) is 4.79 Å². The van der Waals surface area contributed by atoms with E-state index in [1.807, 2.05) is 0 Å². The van der Waals surface area contributed by atoms with E-state index in [0.717, 1.165) is 0 Å². The molecular formula is C13H13F2NO3S. The van der Waals surface area contributed by atoms with Gasteiger partial charge in [-0.15, -0.1) is 0 Å². The van der Waals surface area contributed by atoms with E-state index in [1.165, 1.54) is 26.0 Å². The van der Waals surface area contributed by atoms with E-state index in [1.54, 1.807) is 12.1 Å². The summed E-state index contributed by atoms with van der Waals surface area (Å²) in [5.41, 5.74) is 0.149. The molecule has 0 spiro atoms. The molecule has 108 valence electrons. The molecule has 0 unspecified atom stereocenters. The Morgan fingerprint density at radius 3 is 2.35 bits per heavy atom. The van der Waals surface area contributed by atoms with Crippen molar-refractivity contribution in [3.8, 4) is 0 Å². The Balaban J connectivity index is 2.97.